The summed E-state index contributed by atoms with van der Waals surface area (Å²) in [5, 5.41) is 0.604. The van der Waals surface area contributed by atoms with Crippen molar-refractivity contribution in [3.05, 3.63) is 94.4 Å². The van der Waals surface area contributed by atoms with Crippen LogP contribution in [0.5, 0.6) is 0 Å². The van der Waals surface area contributed by atoms with Crippen LogP contribution in [0.15, 0.2) is 83.7 Å². The van der Waals surface area contributed by atoms with Crippen molar-refractivity contribution >= 4 is 22.6 Å². The molecule has 0 bridgehead atoms. The SMILES string of the molecule is O=c1n(-c2ccccc2)c2ccc(Cl)cc2n1-c1ccccc1. The molecular formula is C19H13ClN2O. The molecular weight excluding hydrogens is 308 g/mol. The molecule has 4 heteroatoms. The summed E-state index contributed by atoms with van der Waals surface area (Å²) in [4.78, 5) is 13.1. The fourth-order valence-corrected chi connectivity index (χ4v) is 2.99. The van der Waals surface area contributed by atoms with Crippen molar-refractivity contribution in [2.75, 3.05) is 0 Å². The van der Waals surface area contributed by atoms with E-state index in [4.69, 9.17) is 11.6 Å². The lowest BCUT2D eigenvalue weighted by atomic mass is 10.2. The summed E-state index contributed by atoms with van der Waals surface area (Å²) in [5.74, 6) is 0. The number of rotatable bonds is 2. The number of halogens is 1. The zero-order valence-corrected chi connectivity index (χ0v) is 12.9. The molecule has 1 heterocycles. The Bertz CT molecular complexity index is 1030. The van der Waals surface area contributed by atoms with E-state index in [9.17, 15) is 4.79 Å². The van der Waals surface area contributed by atoms with Gasteiger partial charge in [0.1, 0.15) is 0 Å². The number of imidazole rings is 1. The molecule has 0 amide bonds. The van der Waals surface area contributed by atoms with Gasteiger partial charge >= 0.3 is 5.69 Å². The number of para-hydroxylation sites is 2. The number of hydrogen-bond donors (Lipinski definition) is 0. The van der Waals surface area contributed by atoms with E-state index in [0.29, 0.717) is 5.02 Å². The number of aromatic nitrogens is 2. The molecule has 0 unspecified atom stereocenters. The van der Waals surface area contributed by atoms with E-state index in [1.807, 2.05) is 72.8 Å². The van der Waals surface area contributed by atoms with E-state index in [2.05, 4.69) is 0 Å². The van der Waals surface area contributed by atoms with E-state index in [1.165, 1.54) is 0 Å². The maximum absolute atomic E-state index is 13.1. The van der Waals surface area contributed by atoms with E-state index in [0.717, 1.165) is 22.4 Å². The van der Waals surface area contributed by atoms with Crippen LogP contribution >= 0.6 is 11.6 Å². The molecule has 0 aliphatic carbocycles. The average Bonchev–Trinajstić information content (AvgIpc) is 2.87. The average molecular weight is 321 g/mol. The van der Waals surface area contributed by atoms with Crippen molar-refractivity contribution < 1.29 is 0 Å². The molecule has 0 N–H and O–H groups in total. The monoisotopic (exact) mass is 320 g/mol. The Balaban J connectivity index is 2.14. The topological polar surface area (TPSA) is 26.9 Å². The minimum atomic E-state index is -0.111. The van der Waals surface area contributed by atoms with Gasteiger partial charge in [-0.1, -0.05) is 48.0 Å². The van der Waals surface area contributed by atoms with Gasteiger partial charge in [0.15, 0.2) is 0 Å². The van der Waals surface area contributed by atoms with Crippen LogP contribution < -0.4 is 5.69 Å². The first-order valence-corrected chi connectivity index (χ1v) is 7.67. The second kappa shape index (κ2) is 5.45. The molecule has 23 heavy (non-hydrogen) atoms. The first-order valence-electron chi connectivity index (χ1n) is 7.29. The zero-order valence-electron chi connectivity index (χ0n) is 12.2. The Labute approximate surface area is 138 Å². The van der Waals surface area contributed by atoms with Gasteiger partial charge in [-0.15, -0.1) is 0 Å². The van der Waals surface area contributed by atoms with Gasteiger partial charge in [-0.2, -0.15) is 0 Å². The van der Waals surface area contributed by atoms with Gasteiger partial charge in [-0.3, -0.25) is 9.13 Å². The van der Waals surface area contributed by atoms with Crippen LogP contribution in [0.1, 0.15) is 0 Å². The first-order chi connectivity index (χ1) is 11.3. The van der Waals surface area contributed by atoms with Crippen LogP contribution in [-0.2, 0) is 0 Å². The van der Waals surface area contributed by atoms with Crippen molar-refractivity contribution in [2.24, 2.45) is 0 Å². The summed E-state index contributed by atoms with van der Waals surface area (Å²) in [5.41, 5.74) is 3.16. The van der Waals surface area contributed by atoms with Gasteiger partial charge in [0.25, 0.3) is 0 Å². The Morgan fingerprint density at radius 2 is 1.17 bits per heavy atom. The second-order valence-corrected chi connectivity index (χ2v) is 5.69. The fraction of sp³-hybridized carbons (Fsp3) is 0. The van der Waals surface area contributed by atoms with Crippen LogP contribution in [-0.4, -0.2) is 9.13 Å². The van der Waals surface area contributed by atoms with Crippen molar-refractivity contribution in [2.45, 2.75) is 0 Å². The normalized spacial score (nSPS) is 11.0. The number of benzene rings is 3. The standard InChI is InChI=1S/C19H13ClN2O/c20-14-11-12-17-18(13-14)22(16-9-5-2-6-10-16)19(23)21(17)15-7-3-1-4-8-15/h1-13H. The Kier molecular flexibility index (Phi) is 3.28. The maximum Gasteiger partial charge on any atom is 0.338 e. The third-order valence-electron chi connectivity index (χ3n) is 3.83. The molecule has 3 nitrogen and oxygen atoms in total. The van der Waals surface area contributed by atoms with E-state index in [1.54, 1.807) is 15.2 Å². The predicted octanol–water partition coefficient (Wildman–Crippen LogP) is 4.43. The number of nitrogens with zero attached hydrogens (tertiary/aromatic N) is 2. The highest BCUT2D eigenvalue weighted by Crippen LogP contribution is 2.23. The third-order valence-corrected chi connectivity index (χ3v) is 4.07. The molecule has 0 aliphatic heterocycles. The molecule has 0 spiro atoms. The fourth-order valence-electron chi connectivity index (χ4n) is 2.82. The summed E-state index contributed by atoms with van der Waals surface area (Å²) < 4.78 is 3.40. The van der Waals surface area contributed by atoms with Gasteiger partial charge in [-0.25, -0.2) is 4.79 Å². The molecule has 0 radical (unpaired) electrons. The Morgan fingerprint density at radius 1 is 0.652 bits per heavy atom. The quantitative estimate of drug-likeness (QED) is 0.536. The minimum Gasteiger partial charge on any atom is -0.260 e. The molecule has 3 aromatic carbocycles. The van der Waals surface area contributed by atoms with Crippen LogP contribution in [0.25, 0.3) is 22.4 Å². The van der Waals surface area contributed by atoms with Gasteiger partial charge < -0.3 is 0 Å². The molecule has 0 atom stereocenters. The van der Waals surface area contributed by atoms with Crippen LogP contribution in [0.3, 0.4) is 0 Å². The van der Waals surface area contributed by atoms with E-state index < -0.39 is 0 Å². The second-order valence-electron chi connectivity index (χ2n) is 5.26. The lowest BCUT2D eigenvalue weighted by Gasteiger charge is -2.02. The van der Waals surface area contributed by atoms with Gasteiger partial charge in [0, 0.05) is 5.02 Å². The highest BCUT2D eigenvalue weighted by atomic mass is 35.5. The summed E-state index contributed by atoms with van der Waals surface area (Å²) in [6, 6.07) is 24.7. The van der Waals surface area contributed by atoms with Crippen LogP contribution in [0, 0.1) is 0 Å². The summed E-state index contributed by atoms with van der Waals surface area (Å²) in [7, 11) is 0. The van der Waals surface area contributed by atoms with Gasteiger partial charge in [0.05, 0.1) is 22.4 Å². The molecule has 0 saturated heterocycles. The van der Waals surface area contributed by atoms with E-state index in [-0.39, 0.29) is 5.69 Å². The maximum atomic E-state index is 13.1. The third kappa shape index (κ3) is 2.26. The van der Waals surface area contributed by atoms with Gasteiger partial charge in [-0.05, 0) is 42.5 Å². The molecule has 4 rings (SSSR count). The minimum absolute atomic E-state index is 0.111. The Hall–Kier alpha value is -2.78. The molecule has 4 aromatic rings. The predicted molar refractivity (Wildman–Crippen MR) is 93.9 cm³/mol. The molecule has 0 saturated carbocycles. The van der Waals surface area contributed by atoms with Crippen molar-refractivity contribution in [1.82, 2.24) is 9.13 Å². The van der Waals surface area contributed by atoms with Crippen molar-refractivity contribution in [1.29, 1.82) is 0 Å². The smallest absolute Gasteiger partial charge is 0.260 e. The lowest BCUT2D eigenvalue weighted by molar-refractivity contribution is 0.931. The number of fused-ring (bicyclic) bond motifs is 1. The molecule has 1 aromatic heterocycles. The molecule has 112 valence electrons. The highest BCUT2D eigenvalue weighted by Gasteiger charge is 2.15. The van der Waals surface area contributed by atoms with Gasteiger partial charge in [0.2, 0.25) is 0 Å². The summed E-state index contributed by atoms with van der Waals surface area (Å²) in [6.07, 6.45) is 0. The summed E-state index contributed by atoms with van der Waals surface area (Å²) in [6.45, 7) is 0. The van der Waals surface area contributed by atoms with Crippen molar-refractivity contribution in [3.8, 4) is 11.4 Å². The van der Waals surface area contributed by atoms with Crippen molar-refractivity contribution in [3.63, 3.8) is 0 Å². The molecule has 0 aliphatic rings. The van der Waals surface area contributed by atoms with Crippen LogP contribution in [0.2, 0.25) is 5.02 Å². The summed E-state index contributed by atoms with van der Waals surface area (Å²) >= 11 is 6.16. The lowest BCUT2D eigenvalue weighted by Crippen LogP contribution is -2.21. The van der Waals surface area contributed by atoms with Crippen LogP contribution in [0.4, 0.5) is 0 Å². The van der Waals surface area contributed by atoms with E-state index >= 15 is 0 Å². The largest absolute Gasteiger partial charge is 0.338 e. The molecule has 0 fully saturated rings. The zero-order chi connectivity index (χ0) is 15.8. The first kappa shape index (κ1) is 13.9. The Morgan fingerprint density at radius 3 is 1.74 bits per heavy atom. The highest BCUT2D eigenvalue weighted by molar-refractivity contribution is 6.31. The number of hydrogen-bond acceptors (Lipinski definition) is 1.